The first kappa shape index (κ1) is 26.7. The number of methoxy groups -OCH3 is 2. The first-order valence-corrected chi connectivity index (χ1v) is 14.3. The number of rotatable bonds is 10. The highest BCUT2D eigenvalue weighted by Crippen LogP contribution is 2.27. The van der Waals surface area contributed by atoms with Gasteiger partial charge in [-0.25, -0.2) is 4.99 Å². The van der Waals surface area contributed by atoms with Crippen LogP contribution in [-0.4, -0.2) is 30.5 Å². The maximum absolute atomic E-state index is 5.37. The zero-order valence-corrected chi connectivity index (χ0v) is 23.1. The molecule has 0 saturated heterocycles. The van der Waals surface area contributed by atoms with E-state index in [1.807, 2.05) is 24.3 Å². The van der Waals surface area contributed by atoms with Gasteiger partial charge in [0, 0.05) is 23.7 Å². The van der Waals surface area contributed by atoms with Gasteiger partial charge in [0.15, 0.2) is 5.17 Å². The lowest BCUT2D eigenvalue weighted by molar-refractivity contribution is 0.405. The van der Waals surface area contributed by atoms with Crippen molar-refractivity contribution < 1.29 is 9.47 Å². The molecule has 0 bridgehead atoms. The zero-order chi connectivity index (χ0) is 25.9. The summed E-state index contributed by atoms with van der Waals surface area (Å²) in [7, 11) is 3.39. The second-order valence-corrected chi connectivity index (χ2v) is 10.2. The number of amidine groups is 1. The molecule has 0 N–H and O–H groups in total. The van der Waals surface area contributed by atoms with E-state index in [0.29, 0.717) is 0 Å². The Labute approximate surface area is 228 Å². The second kappa shape index (κ2) is 13.8. The number of hydrogen-bond acceptors (Lipinski definition) is 5. The number of benzene rings is 4. The van der Waals surface area contributed by atoms with Crippen LogP contribution in [0.1, 0.15) is 16.7 Å². The number of ether oxygens (including phenoxy) is 2. The topological polar surface area (TPSA) is 34.1 Å². The van der Waals surface area contributed by atoms with Crippen molar-refractivity contribution in [3.05, 3.63) is 120 Å². The van der Waals surface area contributed by atoms with Crippen LogP contribution in [0.5, 0.6) is 11.5 Å². The molecule has 0 spiro atoms. The standard InChI is InChI=1S/C31H32N2O2S2/c1-34-28-16-12-24(13-17-28)21-33(22-25-14-18-29(35-2)19-15-25)31(37-23-26-8-5-4-6-9-26)32-27-10-7-11-30(20-27)36-3/h4-20H,21-23H2,1-3H3. The summed E-state index contributed by atoms with van der Waals surface area (Å²) in [5, 5.41) is 0.980. The van der Waals surface area contributed by atoms with Gasteiger partial charge in [-0.05, 0) is 65.4 Å². The number of thioether (sulfide) groups is 2. The maximum Gasteiger partial charge on any atom is 0.165 e. The minimum absolute atomic E-state index is 0.721. The molecule has 0 aromatic heterocycles. The summed E-state index contributed by atoms with van der Waals surface area (Å²) in [5.41, 5.74) is 4.61. The highest BCUT2D eigenvalue weighted by molar-refractivity contribution is 8.13. The SMILES string of the molecule is COc1ccc(CN(Cc2ccc(OC)cc2)C(=Nc2cccc(SC)c2)SCc2ccccc2)cc1. The Morgan fingerprint density at radius 1 is 0.703 bits per heavy atom. The largest absolute Gasteiger partial charge is 0.497 e. The van der Waals surface area contributed by atoms with Crippen LogP contribution in [0.3, 0.4) is 0 Å². The summed E-state index contributed by atoms with van der Waals surface area (Å²) in [5.74, 6) is 2.54. The van der Waals surface area contributed by atoms with Crippen molar-refractivity contribution in [2.45, 2.75) is 23.7 Å². The van der Waals surface area contributed by atoms with Crippen molar-refractivity contribution >= 4 is 34.4 Å². The fourth-order valence-electron chi connectivity index (χ4n) is 3.80. The Balaban J connectivity index is 1.69. The lowest BCUT2D eigenvalue weighted by Crippen LogP contribution is -2.28. The van der Waals surface area contributed by atoms with Gasteiger partial charge in [-0.3, -0.25) is 0 Å². The second-order valence-electron chi connectivity index (χ2n) is 8.42. The van der Waals surface area contributed by atoms with Gasteiger partial charge in [0.1, 0.15) is 11.5 Å². The quantitative estimate of drug-likeness (QED) is 0.118. The van der Waals surface area contributed by atoms with Crippen LogP contribution < -0.4 is 9.47 Å². The van der Waals surface area contributed by atoms with E-state index < -0.39 is 0 Å². The number of hydrogen-bond donors (Lipinski definition) is 0. The average Bonchev–Trinajstić information content (AvgIpc) is 2.96. The van der Waals surface area contributed by atoms with E-state index in [-0.39, 0.29) is 0 Å². The maximum atomic E-state index is 5.37. The van der Waals surface area contributed by atoms with E-state index in [0.717, 1.165) is 41.2 Å². The molecule has 0 radical (unpaired) electrons. The van der Waals surface area contributed by atoms with E-state index in [2.05, 4.69) is 90.0 Å². The van der Waals surface area contributed by atoms with Gasteiger partial charge >= 0.3 is 0 Å². The number of aliphatic imine (C=N–C) groups is 1. The van der Waals surface area contributed by atoms with Crippen molar-refractivity contribution in [3.63, 3.8) is 0 Å². The first-order valence-electron chi connectivity index (χ1n) is 12.1. The molecule has 4 aromatic rings. The lowest BCUT2D eigenvalue weighted by Gasteiger charge is -2.26. The van der Waals surface area contributed by atoms with Crippen LogP contribution in [0, 0.1) is 0 Å². The smallest absolute Gasteiger partial charge is 0.165 e. The van der Waals surface area contributed by atoms with Crippen LogP contribution in [0.2, 0.25) is 0 Å². The van der Waals surface area contributed by atoms with Gasteiger partial charge in [0.05, 0.1) is 19.9 Å². The Morgan fingerprint density at radius 3 is 1.84 bits per heavy atom. The molecule has 0 unspecified atom stereocenters. The van der Waals surface area contributed by atoms with Crippen molar-refractivity contribution in [1.82, 2.24) is 4.90 Å². The van der Waals surface area contributed by atoms with Gasteiger partial charge in [-0.2, -0.15) is 0 Å². The molecule has 190 valence electrons. The van der Waals surface area contributed by atoms with Gasteiger partial charge in [0.25, 0.3) is 0 Å². The van der Waals surface area contributed by atoms with Crippen molar-refractivity contribution in [2.24, 2.45) is 4.99 Å². The molecule has 4 aromatic carbocycles. The average molecular weight is 529 g/mol. The molecule has 0 aliphatic carbocycles. The predicted octanol–water partition coefficient (Wildman–Crippen LogP) is 8.05. The molecule has 0 heterocycles. The zero-order valence-electron chi connectivity index (χ0n) is 21.5. The molecule has 4 nitrogen and oxygen atoms in total. The van der Waals surface area contributed by atoms with Gasteiger partial charge < -0.3 is 14.4 Å². The van der Waals surface area contributed by atoms with Crippen molar-refractivity contribution in [2.75, 3.05) is 20.5 Å². The highest BCUT2D eigenvalue weighted by atomic mass is 32.2. The monoisotopic (exact) mass is 528 g/mol. The predicted molar refractivity (Wildman–Crippen MR) is 158 cm³/mol. The normalized spacial score (nSPS) is 11.3. The molecular weight excluding hydrogens is 496 g/mol. The third-order valence-corrected chi connectivity index (χ3v) is 7.64. The molecule has 6 heteroatoms. The van der Waals surface area contributed by atoms with E-state index in [1.54, 1.807) is 37.7 Å². The molecule has 0 saturated carbocycles. The summed E-state index contributed by atoms with van der Waals surface area (Å²) in [6.07, 6.45) is 2.09. The molecule has 37 heavy (non-hydrogen) atoms. The highest BCUT2D eigenvalue weighted by Gasteiger charge is 2.15. The lowest BCUT2D eigenvalue weighted by atomic mass is 10.1. The fraction of sp³-hybridized carbons (Fsp3) is 0.194. The molecule has 0 atom stereocenters. The summed E-state index contributed by atoms with van der Waals surface area (Å²) >= 11 is 3.49. The summed E-state index contributed by atoms with van der Waals surface area (Å²) in [6.45, 7) is 1.44. The molecule has 0 amide bonds. The van der Waals surface area contributed by atoms with E-state index >= 15 is 0 Å². The molecular formula is C31H32N2O2S2. The molecule has 0 aliphatic rings. The van der Waals surface area contributed by atoms with Crippen molar-refractivity contribution in [3.8, 4) is 11.5 Å². The Bertz CT molecular complexity index is 1230. The third-order valence-electron chi connectivity index (χ3n) is 5.82. The molecule has 4 rings (SSSR count). The van der Waals surface area contributed by atoms with Crippen LogP contribution >= 0.6 is 23.5 Å². The Morgan fingerprint density at radius 2 is 1.30 bits per heavy atom. The van der Waals surface area contributed by atoms with Crippen LogP contribution in [-0.2, 0) is 18.8 Å². The fourth-order valence-corrected chi connectivity index (χ4v) is 5.22. The minimum atomic E-state index is 0.721. The Kier molecular flexibility index (Phi) is 9.97. The van der Waals surface area contributed by atoms with E-state index in [1.165, 1.54) is 21.6 Å². The van der Waals surface area contributed by atoms with Gasteiger partial charge in [-0.1, -0.05) is 72.4 Å². The molecule has 0 fully saturated rings. The summed E-state index contributed by atoms with van der Waals surface area (Å²) < 4.78 is 10.7. The molecule has 0 aliphatic heterocycles. The minimum Gasteiger partial charge on any atom is -0.497 e. The summed E-state index contributed by atoms with van der Waals surface area (Å²) in [6, 6.07) is 35.5. The number of nitrogens with zero attached hydrogens (tertiary/aromatic N) is 2. The van der Waals surface area contributed by atoms with Crippen LogP contribution in [0.25, 0.3) is 0 Å². The Hall–Kier alpha value is -3.35. The van der Waals surface area contributed by atoms with Crippen LogP contribution in [0.4, 0.5) is 5.69 Å². The van der Waals surface area contributed by atoms with E-state index in [4.69, 9.17) is 14.5 Å². The first-order chi connectivity index (χ1) is 18.2. The van der Waals surface area contributed by atoms with Crippen molar-refractivity contribution in [1.29, 1.82) is 0 Å². The third kappa shape index (κ3) is 8.07. The van der Waals surface area contributed by atoms with Crippen LogP contribution in [0.15, 0.2) is 113 Å². The van der Waals surface area contributed by atoms with Gasteiger partial charge in [0.2, 0.25) is 0 Å². The van der Waals surface area contributed by atoms with E-state index in [9.17, 15) is 0 Å². The van der Waals surface area contributed by atoms with Gasteiger partial charge in [-0.15, -0.1) is 11.8 Å². The summed E-state index contributed by atoms with van der Waals surface area (Å²) in [4.78, 5) is 8.73.